The third-order valence-electron chi connectivity index (χ3n) is 4.56. The molecule has 1 saturated heterocycles. The number of aromatic nitrogens is 2. The predicted octanol–water partition coefficient (Wildman–Crippen LogP) is 2.83. The molecule has 1 amide bonds. The van der Waals surface area contributed by atoms with E-state index in [0.717, 1.165) is 30.2 Å². The van der Waals surface area contributed by atoms with Gasteiger partial charge in [0.25, 0.3) is 5.91 Å². The van der Waals surface area contributed by atoms with Crippen molar-refractivity contribution in [2.75, 3.05) is 31.1 Å². The van der Waals surface area contributed by atoms with Gasteiger partial charge in [0.15, 0.2) is 0 Å². The fourth-order valence-electron chi connectivity index (χ4n) is 3.22. The van der Waals surface area contributed by atoms with Gasteiger partial charge in [0.2, 0.25) is 0 Å². The molecule has 0 saturated carbocycles. The average Bonchev–Trinajstić information content (AvgIpc) is 3.23. The summed E-state index contributed by atoms with van der Waals surface area (Å²) in [5.41, 5.74) is 1.66. The van der Waals surface area contributed by atoms with E-state index < -0.39 is 0 Å². The summed E-state index contributed by atoms with van der Waals surface area (Å²) in [6, 6.07) is 17.6. The normalized spacial score (nSPS) is 14.6. The number of hydrogen-bond donors (Lipinski definition) is 0. The highest BCUT2D eigenvalue weighted by atomic mass is 16.2. The number of para-hydroxylation sites is 1. The summed E-state index contributed by atoms with van der Waals surface area (Å²) in [5.74, 6) is 1.06. The smallest absolute Gasteiger partial charge is 0.256 e. The minimum absolute atomic E-state index is 0.0879. The number of carbonyl (C=O) groups is 1. The maximum absolute atomic E-state index is 13.0. The Morgan fingerprint density at radius 2 is 1.56 bits per heavy atom. The lowest BCUT2D eigenvalue weighted by molar-refractivity contribution is 0.0746. The average molecular weight is 332 g/mol. The second-order valence-electron chi connectivity index (χ2n) is 6.07. The summed E-state index contributed by atoms with van der Waals surface area (Å²) in [4.78, 5) is 21.6. The number of nitrogens with zero attached hydrogens (tertiary/aromatic N) is 4. The third kappa shape index (κ3) is 3.13. The van der Waals surface area contributed by atoms with Crippen LogP contribution >= 0.6 is 0 Å². The zero-order valence-electron chi connectivity index (χ0n) is 14.0. The molecule has 1 aromatic carbocycles. The first-order chi connectivity index (χ1) is 12.3. The lowest BCUT2D eigenvalue weighted by atomic mass is 10.1. The highest BCUT2D eigenvalue weighted by Gasteiger charge is 2.24. The van der Waals surface area contributed by atoms with Crippen LogP contribution in [0.3, 0.4) is 0 Å². The van der Waals surface area contributed by atoms with Crippen molar-refractivity contribution < 1.29 is 4.79 Å². The maximum atomic E-state index is 13.0. The van der Waals surface area contributed by atoms with Gasteiger partial charge in [-0.05, 0) is 36.4 Å². The summed E-state index contributed by atoms with van der Waals surface area (Å²) in [6.45, 7) is 3.01. The molecule has 3 aromatic rings. The van der Waals surface area contributed by atoms with Gasteiger partial charge in [0, 0.05) is 44.8 Å². The van der Waals surface area contributed by atoms with Crippen molar-refractivity contribution in [3.05, 3.63) is 78.8 Å². The second-order valence-corrected chi connectivity index (χ2v) is 6.07. The highest BCUT2D eigenvalue weighted by molar-refractivity contribution is 5.98. The number of hydrogen-bond acceptors (Lipinski definition) is 3. The van der Waals surface area contributed by atoms with Crippen LogP contribution in [0.2, 0.25) is 0 Å². The van der Waals surface area contributed by atoms with E-state index in [1.54, 1.807) is 6.20 Å². The fourth-order valence-corrected chi connectivity index (χ4v) is 3.22. The second kappa shape index (κ2) is 6.81. The molecule has 0 radical (unpaired) electrons. The SMILES string of the molecule is O=C(c1ccccc1-n1cccc1)N1CCN(c2ccccn2)CC1. The quantitative estimate of drug-likeness (QED) is 0.741. The molecule has 5 heteroatoms. The van der Waals surface area contributed by atoms with E-state index in [0.29, 0.717) is 13.1 Å². The van der Waals surface area contributed by atoms with Gasteiger partial charge in [-0.2, -0.15) is 0 Å². The zero-order chi connectivity index (χ0) is 17.1. The lowest BCUT2D eigenvalue weighted by Crippen LogP contribution is -2.49. The Morgan fingerprint density at radius 3 is 2.28 bits per heavy atom. The van der Waals surface area contributed by atoms with E-state index in [4.69, 9.17) is 0 Å². The summed E-state index contributed by atoms with van der Waals surface area (Å²) in [6.07, 6.45) is 5.73. The van der Waals surface area contributed by atoms with Gasteiger partial charge in [-0.3, -0.25) is 4.79 Å². The van der Waals surface area contributed by atoms with Crippen LogP contribution in [-0.2, 0) is 0 Å². The molecule has 0 bridgehead atoms. The number of pyridine rings is 1. The van der Waals surface area contributed by atoms with Crippen molar-refractivity contribution in [2.45, 2.75) is 0 Å². The van der Waals surface area contributed by atoms with Gasteiger partial charge in [-0.1, -0.05) is 18.2 Å². The number of carbonyl (C=O) groups excluding carboxylic acids is 1. The van der Waals surface area contributed by atoms with Gasteiger partial charge in [0.05, 0.1) is 11.3 Å². The molecule has 0 spiro atoms. The van der Waals surface area contributed by atoms with Crippen molar-refractivity contribution in [2.24, 2.45) is 0 Å². The molecule has 5 nitrogen and oxygen atoms in total. The Balaban J connectivity index is 1.50. The van der Waals surface area contributed by atoms with Crippen LogP contribution in [0.4, 0.5) is 5.82 Å². The van der Waals surface area contributed by atoms with Gasteiger partial charge in [-0.15, -0.1) is 0 Å². The Hall–Kier alpha value is -3.08. The van der Waals surface area contributed by atoms with Crippen LogP contribution in [0.5, 0.6) is 0 Å². The standard InChI is InChI=1S/C20H20N4O/c25-20(17-7-1-2-8-18(17)22-11-5-6-12-22)24-15-13-23(14-16-24)19-9-3-4-10-21-19/h1-12H,13-16H2. The molecule has 1 aliphatic heterocycles. The first-order valence-electron chi connectivity index (χ1n) is 8.50. The van der Waals surface area contributed by atoms with Crippen molar-refractivity contribution in [3.63, 3.8) is 0 Å². The first kappa shape index (κ1) is 15.4. The molecule has 0 unspecified atom stereocenters. The summed E-state index contributed by atoms with van der Waals surface area (Å²) in [7, 11) is 0. The van der Waals surface area contributed by atoms with Crippen LogP contribution in [0.15, 0.2) is 73.2 Å². The molecule has 0 aliphatic carbocycles. The van der Waals surface area contributed by atoms with Crippen LogP contribution in [0.25, 0.3) is 5.69 Å². The molecule has 126 valence electrons. The number of benzene rings is 1. The fraction of sp³-hybridized carbons (Fsp3) is 0.200. The summed E-state index contributed by atoms with van der Waals surface area (Å²) in [5, 5.41) is 0. The van der Waals surface area contributed by atoms with Gasteiger partial charge in [0.1, 0.15) is 5.82 Å². The van der Waals surface area contributed by atoms with Crippen molar-refractivity contribution in [1.82, 2.24) is 14.5 Å². The maximum Gasteiger partial charge on any atom is 0.256 e. The highest BCUT2D eigenvalue weighted by Crippen LogP contribution is 2.19. The zero-order valence-corrected chi connectivity index (χ0v) is 14.0. The molecular weight excluding hydrogens is 312 g/mol. The lowest BCUT2D eigenvalue weighted by Gasteiger charge is -2.35. The minimum Gasteiger partial charge on any atom is -0.353 e. The van der Waals surface area contributed by atoms with Crippen molar-refractivity contribution >= 4 is 11.7 Å². The predicted molar refractivity (Wildman–Crippen MR) is 98.1 cm³/mol. The molecule has 0 N–H and O–H groups in total. The summed E-state index contributed by atoms with van der Waals surface area (Å²) < 4.78 is 1.98. The van der Waals surface area contributed by atoms with Crippen LogP contribution in [0, 0.1) is 0 Å². The Kier molecular flexibility index (Phi) is 4.21. The largest absolute Gasteiger partial charge is 0.353 e. The number of amides is 1. The number of piperazine rings is 1. The molecule has 4 rings (SSSR count). The topological polar surface area (TPSA) is 41.4 Å². The number of rotatable bonds is 3. The Bertz CT molecular complexity index is 837. The van der Waals surface area contributed by atoms with E-state index in [2.05, 4.69) is 9.88 Å². The van der Waals surface area contributed by atoms with Gasteiger partial charge >= 0.3 is 0 Å². The minimum atomic E-state index is 0.0879. The van der Waals surface area contributed by atoms with Crippen molar-refractivity contribution in [1.29, 1.82) is 0 Å². The molecule has 0 atom stereocenters. The van der Waals surface area contributed by atoms with E-state index in [9.17, 15) is 4.79 Å². The third-order valence-corrected chi connectivity index (χ3v) is 4.56. The van der Waals surface area contributed by atoms with Gasteiger partial charge < -0.3 is 14.4 Å². The van der Waals surface area contributed by atoms with Crippen molar-refractivity contribution in [3.8, 4) is 5.69 Å². The molecule has 1 aliphatic rings. The molecule has 1 fully saturated rings. The molecule has 3 heterocycles. The van der Waals surface area contributed by atoms with E-state index in [1.807, 2.05) is 76.5 Å². The molecular formula is C20H20N4O. The first-order valence-corrected chi connectivity index (χ1v) is 8.50. The van der Waals surface area contributed by atoms with Crippen LogP contribution in [-0.4, -0.2) is 46.5 Å². The molecule has 2 aromatic heterocycles. The van der Waals surface area contributed by atoms with Crippen LogP contribution in [0.1, 0.15) is 10.4 Å². The van der Waals surface area contributed by atoms with E-state index >= 15 is 0 Å². The Morgan fingerprint density at radius 1 is 0.840 bits per heavy atom. The molecule has 25 heavy (non-hydrogen) atoms. The summed E-state index contributed by atoms with van der Waals surface area (Å²) >= 11 is 0. The number of anilines is 1. The monoisotopic (exact) mass is 332 g/mol. The van der Waals surface area contributed by atoms with Gasteiger partial charge in [-0.25, -0.2) is 4.98 Å². The Labute approximate surface area is 147 Å². The van der Waals surface area contributed by atoms with E-state index in [1.165, 1.54) is 0 Å². The van der Waals surface area contributed by atoms with Crippen LogP contribution < -0.4 is 4.90 Å². The van der Waals surface area contributed by atoms with E-state index in [-0.39, 0.29) is 5.91 Å².